The topological polar surface area (TPSA) is 89.9 Å². The van der Waals surface area contributed by atoms with Crippen LogP contribution in [0.25, 0.3) is 0 Å². The SMILES string of the molecule is C[C@@H](O)[C@H]1C(=O)N[C@@H]1CC(=O)c1ccc(N2CCN(C)C2=O)cc1. The minimum absolute atomic E-state index is 0.0500. The number of β-lactam (4-membered cyclic amide) rings is 1. The van der Waals surface area contributed by atoms with E-state index in [4.69, 9.17) is 0 Å². The lowest BCUT2D eigenvalue weighted by Crippen LogP contribution is -2.62. The van der Waals surface area contributed by atoms with Gasteiger partial charge in [-0.25, -0.2) is 4.79 Å². The van der Waals surface area contributed by atoms with Crippen molar-refractivity contribution < 1.29 is 19.5 Å². The number of Topliss-reactive ketones (excluding diaryl/α,β-unsaturated/α-hetero) is 1. The molecule has 0 bridgehead atoms. The van der Waals surface area contributed by atoms with E-state index in [1.54, 1.807) is 48.0 Å². The fraction of sp³-hybridized carbons (Fsp3) is 0.471. The van der Waals surface area contributed by atoms with Crippen LogP contribution in [0, 0.1) is 5.92 Å². The third-order valence-electron chi connectivity index (χ3n) is 4.71. The van der Waals surface area contributed by atoms with Crippen LogP contribution in [0.5, 0.6) is 0 Å². The van der Waals surface area contributed by atoms with Gasteiger partial charge in [0.25, 0.3) is 0 Å². The molecule has 0 saturated carbocycles. The second kappa shape index (κ2) is 6.24. The largest absolute Gasteiger partial charge is 0.393 e. The molecule has 1 aromatic rings. The molecule has 3 rings (SSSR count). The van der Waals surface area contributed by atoms with Crippen LogP contribution in [0.2, 0.25) is 0 Å². The van der Waals surface area contributed by atoms with E-state index in [-0.39, 0.29) is 30.2 Å². The minimum atomic E-state index is -0.767. The third kappa shape index (κ3) is 2.87. The summed E-state index contributed by atoms with van der Waals surface area (Å²) in [6.45, 7) is 2.87. The monoisotopic (exact) mass is 331 g/mol. The van der Waals surface area contributed by atoms with E-state index in [2.05, 4.69) is 5.32 Å². The average Bonchev–Trinajstić information content (AvgIpc) is 2.85. The van der Waals surface area contributed by atoms with Crippen LogP contribution >= 0.6 is 0 Å². The van der Waals surface area contributed by atoms with Gasteiger partial charge in [-0.3, -0.25) is 14.5 Å². The number of benzene rings is 1. The van der Waals surface area contributed by atoms with Crippen molar-refractivity contribution in [2.45, 2.75) is 25.5 Å². The number of carbonyl (C=O) groups is 3. The molecule has 2 saturated heterocycles. The van der Waals surface area contributed by atoms with Gasteiger partial charge in [0.15, 0.2) is 5.78 Å². The molecule has 3 amide bonds. The number of rotatable bonds is 5. The zero-order chi connectivity index (χ0) is 17.4. The van der Waals surface area contributed by atoms with Gasteiger partial charge >= 0.3 is 6.03 Å². The van der Waals surface area contributed by atoms with Gasteiger partial charge in [0, 0.05) is 37.8 Å². The highest BCUT2D eigenvalue weighted by Gasteiger charge is 2.43. The number of likely N-dealkylation sites (N-methyl/N-ethyl adjacent to an activating group) is 1. The Morgan fingerprint density at radius 1 is 1.29 bits per heavy atom. The molecule has 2 heterocycles. The minimum Gasteiger partial charge on any atom is -0.393 e. The van der Waals surface area contributed by atoms with Crippen molar-refractivity contribution in [3.05, 3.63) is 29.8 Å². The Kier molecular flexibility index (Phi) is 4.28. The number of amides is 3. The molecular weight excluding hydrogens is 310 g/mol. The van der Waals surface area contributed by atoms with Crippen LogP contribution in [-0.4, -0.2) is 60.0 Å². The molecule has 1 aromatic carbocycles. The van der Waals surface area contributed by atoms with Crippen molar-refractivity contribution in [2.75, 3.05) is 25.0 Å². The molecule has 3 atom stereocenters. The Morgan fingerprint density at radius 2 is 1.96 bits per heavy atom. The van der Waals surface area contributed by atoms with Gasteiger partial charge in [-0.1, -0.05) is 0 Å². The summed E-state index contributed by atoms with van der Waals surface area (Å²) in [4.78, 5) is 39.1. The van der Waals surface area contributed by atoms with E-state index in [9.17, 15) is 19.5 Å². The number of nitrogens with zero attached hydrogens (tertiary/aromatic N) is 2. The Labute approximate surface area is 140 Å². The Hall–Kier alpha value is -2.41. The van der Waals surface area contributed by atoms with Crippen LogP contribution in [0.1, 0.15) is 23.7 Å². The van der Waals surface area contributed by atoms with Crippen molar-refractivity contribution >= 4 is 23.4 Å². The van der Waals surface area contributed by atoms with E-state index < -0.39 is 12.0 Å². The third-order valence-corrected chi connectivity index (χ3v) is 4.71. The molecule has 7 heteroatoms. The fourth-order valence-corrected chi connectivity index (χ4v) is 3.22. The Balaban J connectivity index is 1.64. The molecular formula is C17H21N3O4. The lowest BCUT2D eigenvalue weighted by Gasteiger charge is -2.38. The van der Waals surface area contributed by atoms with Gasteiger partial charge in [-0.15, -0.1) is 0 Å². The quantitative estimate of drug-likeness (QED) is 0.611. The first kappa shape index (κ1) is 16.4. The summed E-state index contributed by atoms with van der Waals surface area (Å²) >= 11 is 0. The first-order valence-electron chi connectivity index (χ1n) is 8.03. The molecule has 2 fully saturated rings. The zero-order valence-corrected chi connectivity index (χ0v) is 13.7. The van der Waals surface area contributed by atoms with Gasteiger partial charge in [-0.2, -0.15) is 0 Å². The van der Waals surface area contributed by atoms with E-state index in [1.165, 1.54) is 0 Å². The lowest BCUT2D eigenvalue weighted by atomic mass is 9.82. The van der Waals surface area contributed by atoms with Gasteiger partial charge < -0.3 is 15.3 Å². The number of carbonyl (C=O) groups excluding carboxylic acids is 3. The van der Waals surface area contributed by atoms with Crippen molar-refractivity contribution in [2.24, 2.45) is 5.92 Å². The zero-order valence-electron chi connectivity index (χ0n) is 13.7. The summed E-state index contributed by atoms with van der Waals surface area (Å²) in [6, 6.07) is 6.54. The first-order valence-corrected chi connectivity index (χ1v) is 8.03. The summed E-state index contributed by atoms with van der Waals surface area (Å²) in [7, 11) is 1.76. The maximum Gasteiger partial charge on any atom is 0.324 e. The maximum absolute atomic E-state index is 12.3. The smallest absolute Gasteiger partial charge is 0.324 e. The molecule has 0 spiro atoms. The summed E-state index contributed by atoms with van der Waals surface area (Å²) in [6.07, 6.45) is -0.608. The molecule has 0 unspecified atom stereocenters. The summed E-state index contributed by atoms with van der Waals surface area (Å²) in [5, 5.41) is 12.3. The molecule has 2 N–H and O–H groups in total. The molecule has 128 valence electrons. The lowest BCUT2D eigenvalue weighted by molar-refractivity contribution is -0.140. The Bertz CT molecular complexity index is 671. The molecule has 2 aliphatic rings. The van der Waals surface area contributed by atoms with Crippen LogP contribution in [-0.2, 0) is 4.79 Å². The first-order chi connectivity index (χ1) is 11.4. The molecule has 7 nitrogen and oxygen atoms in total. The van der Waals surface area contributed by atoms with Crippen LogP contribution < -0.4 is 10.2 Å². The summed E-state index contributed by atoms with van der Waals surface area (Å²) in [5.41, 5.74) is 1.30. The van der Waals surface area contributed by atoms with Crippen LogP contribution in [0.3, 0.4) is 0 Å². The second-order valence-corrected chi connectivity index (χ2v) is 6.41. The molecule has 0 aliphatic carbocycles. The number of urea groups is 1. The normalized spacial score (nSPS) is 24.6. The van der Waals surface area contributed by atoms with Crippen LogP contribution in [0.4, 0.5) is 10.5 Å². The van der Waals surface area contributed by atoms with Crippen LogP contribution in [0.15, 0.2) is 24.3 Å². The number of nitrogens with one attached hydrogen (secondary N) is 1. The van der Waals surface area contributed by atoms with Gasteiger partial charge in [0.1, 0.15) is 0 Å². The predicted molar refractivity (Wildman–Crippen MR) is 87.9 cm³/mol. The van der Waals surface area contributed by atoms with Crippen molar-refractivity contribution in [3.63, 3.8) is 0 Å². The molecule has 0 aromatic heterocycles. The standard InChI is InChI=1S/C17H21N3O4/c1-10(21)15-13(18-16(15)23)9-14(22)11-3-5-12(6-4-11)20-8-7-19(2)17(20)24/h3-6,10,13,15,21H,7-9H2,1-2H3,(H,18,23)/t10-,13-,15-/m1/s1. The fourth-order valence-electron chi connectivity index (χ4n) is 3.22. The number of hydrogen-bond acceptors (Lipinski definition) is 4. The van der Waals surface area contributed by atoms with E-state index >= 15 is 0 Å². The summed E-state index contributed by atoms with van der Waals surface area (Å²) < 4.78 is 0. The van der Waals surface area contributed by atoms with Crippen molar-refractivity contribution in [1.82, 2.24) is 10.2 Å². The average molecular weight is 331 g/mol. The van der Waals surface area contributed by atoms with Gasteiger partial charge in [0.05, 0.1) is 18.1 Å². The maximum atomic E-state index is 12.3. The van der Waals surface area contributed by atoms with Crippen molar-refractivity contribution in [1.29, 1.82) is 0 Å². The number of aliphatic hydroxyl groups excluding tert-OH is 1. The number of anilines is 1. The molecule has 24 heavy (non-hydrogen) atoms. The van der Waals surface area contributed by atoms with E-state index in [1.807, 2.05) is 0 Å². The van der Waals surface area contributed by atoms with E-state index in [0.29, 0.717) is 18.7 Å². The molecule has 0 radical (unpaired) electrons. The second-order valence-electron chi connectivity index (χ2n) is 6.41. The van der Waals surface area contributed by atoms with Crippen molar-refractivity contribution in [3.8, 4) is 0 Å². The predicted octanol–water partition coefficient (Wildman–Crippen LogP) is 0.627. The molecule has 2 aliphatic heterocycles. The number of hydrogen-bond donors (Lipinski definition) is 2. The Morgan fingerprint density at radius 3 is 2.46 bits per heavy atom. The van der Waals surface area contributed by atoms with E-state index in [0.717, 1.165) is 5.69 Å². The highest BCUT2D eigenvalue weighted by molar-refractivity contribution is 5.99. The summed E-state index contributed by atoms with van der Waals surface area (Å²) in [5.74, 6) is -0.831. The van der Waals surface area contributed by atoms with Gasteiger partial charge in [-0.05, 0) is 31.2 Å². The highest BCUT2D eigenvalue weighted by Crippen LogP contribution is 2.25. The number of ketones is 1. The highest BCUT2D eigenvalue weighted by atomic mass is 16.3. The van der Waals surface area contributed by atoms with Gasteiger partial charge in [0.2, 0.25) is 5.91 Å². The number of aliphatic hydroxyl groups is 1.